The van der Waals surface area contributed by atoms with Crippen LogP contribution >= 0.6 is 0 Å². The number of benzene rings is 1. The normalized spacial score (nSPS) is 19.4. The van der Waals surface area contributed by atoms with Crippen LogP contribution in [0.4, 0.5) is 11.5 Å². The van der Waals surface area contributed by atoms with Crippen LogP contribution in [0.3, 0.4) is 0 Å². The highest BCUT2D eigenvalue weighted by Gasteiger charge is 2.23. The Morgan fingerprint density at radius 3 is 2.54 bits per heavy atom. The van der Waals surface area contributed by atoms with Crippen LogP contribution in [0.1, 0.15) is 35.5 Å². The predicted octanol–water partition coefficient (Wildman–Crippen LogP) is 4.38. The highest BCUT2D eigenvalue weighted by molar-refractivity contribution is 5.95. The number of hydrogen-bond acceptors (Lipinski definition) is 8. The molecule has 0 saturated carbocycles. The molecule has 6 rings (SSSR count). The van der Waals surface area contributed by atoms with E-state index in [9.17, 15) is 4.79 Å². The summed E-state index contributed by atoms with van der Waals surface area (Å²) >= 11 is 0. The van der Waals surface area contributed by atoms with E-state index in [0.29, 0.717) is 25.3 Å². The molecule has 2 saturated heterocycles. The summed E-state index contributed by atoms with van der Waals surface area (Å²) in [6.45, 7) is 11.2. The summed E-state index contributed by atoms with van der Waals surface area (Å²) in [4.78, 5) is 32.0. The second-order valence-electron chi connectivity index (χ2n) is 10.9. The van der Waals surface area contributed by atoms with Crippen LogP contribution in [0.5, 0.6) is 0 Å². The minimum atomic E-state index is -0.129. The number of aromatic nitrogens is 3. The lowest BCUT2D eigenvalue weighted by Gasteiger charge is -2.36. The van der Waals surface area contributed by atoms with Crippen molar-refractivity contribution >= 4 is 28.3 Å². The van der Waals surface area contributed by atoms with Crippen LogP contribution in [0.15, 0.2) is 60.8 Å². The lowest BCUT2D eigenvalue weighted by atomic mass is 10.1. The number of aryl methyl sites for hydroxylation is 1. The number of rotatable bonds is 6. The quantitative estimate of drug-likeness (QED) is 0.377. The summed E-state index contributed by atoms with van der Waals surface area (Å²) in [5, 5.41) is 3.96. The van der Waals surface area contributed by atoms with Gasteiger partial charge in [-0.3, -0.25) is 9.78 Å². The maximum Gasteiger partial charge on any atom is 0.251 e. The number of amides is 1. The molecule has 3 aromatic heterocycles. The molecule has 1 amide bonds. The number of pyridine rings is 3. The zero-order chi connectivity index (χ0) is 28.3. The molecule has 9 nitrogen and oxygen atoms in total. The number of carbonyl (C=O) groups excluding carboxylic acids is 1. The van der Waals surface area contributed by atoms with Gasteiger partial charge in [0.25, 0.3) is 5.91 Å². The number of fused-ring (bicyclic) bond motifs is 1. The maximum atomic E-state index is 13.1. The molecule has 9 heteroatoms. The van der Waals surface area contributed by atoms with E-state index >= 15 is 0 Å². The Bertz CT molecular complexity index is 1540. The molecule has 1 aromatic carbocycles. The molecule has 2 aliphatic heterocycles. The Kier molecular flexibility index (Phi) is 7.80. The fourth-order valence-corrected chi connectivity index (χ4v) is 5.57. The SMILES string of the molecule is Cc1ccc(C(=O)NCc2cc3nc(-c4cccc(N5C[C@@H](C)O[C@@H](C)C5)n4)ccc3cn2)cc1N1CCOCC1. The summed E-state index contributed by atoms with van der Waals surface area (Å²) in [5.41, 5.74) is 6.03. The van der Waals surface area contributed by atoms with Crippen molar-refractivity contribution in [2.75, 3.05) is 49.2 Å². The van der Waals surface area contributed by atoms with Crippen LogP contribution in [-0.4, -0.2) is 72.5 Å². The Morgan fingerprint density at radius 1 is 0.951 bits per heavy atom. The first kappa shape index (κ1) is 27.1. The number of nitrogens with zero attached hydrogens (tertiary/aromatic N) is 5. The molecular weight excluding hydrogens is 516 g/mol. The van der Waals surface area contributed by atoms with E-state index in [1.165, 1.54) is 0 Å². The second-order valence-corrected chi connectivity index (χ2v) is 10.9. The van der Waals surface area contributed by atoms with Gasteiger partial charge in [0.1, 0.15) is 5.82 Å². The van der Waals surface area contributed by atoms with Crippen molar-refractivity contribution in [3.8, 4) is 11.4 Å². The fraction of sp³-hybridized carbons (Fsp3) is 0.375. The van der Waals surface area contributed by atoms with Crippen molar-refractivity contribution in [2.24, 2.45) is 0 Å². The summed E-state index contributed by atoms with van der Waals surface area (Å²) in [5.74, 6) is 0.799. The third kappa shape index (κ3) is 6.16. The second kappa shape index (κ2) is 11.8. The summed E-state index contributed by atoms with van der Waals surface area (Å²) in [6.07, 6.45) is 2.12. The molecule has 212 valence electrons. The summed E-state index contributed by atoms with van der Waals surface area (Å²) < 4.78 is 11.4. The molecule has 5 heterocycles. The molecule has 0 unspecified atom stereocenters. The van der Waals surface area contributed by atoms with Gasteiger partial charge in [0, 0.05) is 49.0 Å². The van der Waals surface area contributed by atoms with Crippen molar-refractivity contribution < 1.29 is 14.3 Å². The third-order valence-electron chi connectivity index (χ3n) is 7.62. The standard InChI is InChI=1S/C32H36N6O3/c1-21-7-8-24(15-30(21)37-11-13-40-14-12-37)32(39)34-18-26-16-29-25(17-33-26)9-10-28(35-29)27-5-4-6-31(36-27)38-19-22(2)41-23(3)20-38/h4-10,15-17,22-23H,11-14,18-20H2,1-3H3,(H,34,39)/t22-,23+. The number of hydrogen-bond donors (Lipinski definition) is 1. The minimum Gasteiger partial charge on any atom is -0.378 e. The van der Waals surface area contributed by atoms with E-state index in [-0.39, 0.29) is 18.1 Å². The Morgan fingerprint density at radius 2 is 1.73 bits per heavy atom. The molecule has 2 atom stereocenters. The van der Waals surface area contributed by atoms with Crippen LogP contribution in [0.2, 0.25) is 0 Å². The first-order chi connectivity index (χ1) is 19.9. The molecule has 2 fully saturated rings. The molecule has 0 aliphatic carbocycles. The lowest BCUT2D eigenvalue weighted by molar-refractivity contribution is -0.00545. The smallest absolute Gasteiger partial charge is 0.251 e. The van der Waals surface area contributed by atoms with Crippen LogP contribution < -0.4 is 15.1 Å². The van der Waals surface area contributed by atoms with Gasteiger partial charge in [0.15, 0.2) is 0 Å². The van der Waals surface area contributed by atoms with Crippen LogP contribution in [-0.2, 0) is 16.0 Å². The predicted molar refractivity (Wildman–Crippen MR) is 160 cm³/mol. The Labute approximate surface area is 240 Å². The Hall–Kier alpha value is -4.08. The lowest BCUT2D eigenvalue weighted by Crippen LogP contribution is -2.45. The first-order valence-electron chi connectivity index (χ1n) is 14.3. The van der Waals surface area contributed by atoms with Gasteiger partial charge in [0.2, 0.25) is 0 Å². The van der Waals surface area contributed by atoms with Gasteiger partial charge in [0.05, 0.1) is 54.6 Å². The number of morpholine rings is 2. The number of anilines is 2. The molecule has 41 heavy (non-hydrogen) atoms. The molecule has 2 aliphatic rings. The van der Waals surface area contributed by atoms with Crippen molar-refractivity contribution in [1.82, 2.24) is 20.3 Å². The fourth-order valence-electron chi connectivity index (χ4n) is 5.57. The van der Waals surface area contributed by atoms with E-state index < -0.39 is 0 Å². The molecule has 1 N–H and O–H groups in total. The van der Waals surface area contributed by atoms with Gasteiger partial charge >= 0.3 is 0 Å². The van der Waals surface area contributed by atoms with Gasteiger partial charge in [-0.1, -0.05) is 12.1 Å². The molecule has 0 bridgehead atoms. The zero-order valence-corrected chi connectivity index (χ0v) is 23.8. The molecule has 4 aromatic rings. The summed E-state index contributed by atoms with van der Waals surface area (Å²) in [7, 11) is 0. The molecule has 0 spiro atoms. The third-order valence-corrected chi connectivity index (χ3v) is 7.62. The van der Waals surface area contributed by atoms with E-state index in [4.69, 9.17) is 19.4 Å². The Balaban J connectivity index is 1.17. The number of carbonyl (C=O) groups is 1. The number of ether oxygens (including phenoxy) is 2. The van der Waals surface area contributed by atoms with Gasteiger partial charge in [-0.25, -0.2) is 9.97 Å². The number of nitrogens with one attached hydrogen (secondary N) is 1. The average Bonchev–Trinajstić information content (AvgIpc) is 2.99. The van der Waals surface area contributed by atoms with Gasteiger partial charge in [-0.05, 0) is 68.8 Å². The van der Waals surface area contributed by atoms with E-state index in [1.807, 2.05) is 54.6 Å². The summed E-state index contributed by atoms with van der Waals surface area (Å²) in [6, 6.07) is 17.8. The van der Waals surface area contributed by atoms with Crippen LogP contribution in [0.25, 0.3) is 22.3 Å². The highest BCUT2D eigenvalue weighted by Crippen LogP contribution is 2.25. The first-order valence-corrected chi connectivity index (χ1v) is 14.3. The minimum absolute atomic E-state index is 0.129. The van der Waals surface area contributed by atoms with E-state index in [2.05, 4.69) is 40.9 Å². The van der Waals surface area contributed by atoms with E-state index in [0.717, 1.165) is 71.2 Å². The van der Waals surface area contributed by atoms with Gasteiger partial charge < -0.3 is 24.6 Å². The van der Waals surface area contributed by atoms with Crippen molar-refractivity contribution in [3.63, 3.8) is 0 Å². The molecule has 0 radical (unpaired) electrons. The monoisotopic (exact) mass is 552 g/mol. The van der Waals surface area contributed by atoms with Crippen molar-refractivity contribution in [2.45, 2.75) is 39.5 Å². The largest absolute Gasteiger partial charge is 0.378 e. The molecular formula is C32H36N6O3. The highest BCUT2D eigenvalue weighted by atomic mass is 16.5. The van der Waals surface area contributed by atoms with Gasteiger partial charge in [-0.15, -0.1) is 0 Å². The van der Waals surface area contributed by atoms with Crippen molar-refractivity contribution in [3.05, 3.63) is 77.6 Å². The van der Waals surface area contributed by atoms with Gasteiger partial charge in [-0.2, -0.15) is 0 Å². The maximum absolute atomic E-state index is 13.1. The van der Waals surface area contributed by atoms with Crippen molar-refractivity contribution in [1.29, 1.82) is 0 Å². The average molecular weight is 553 g/mol. The van der Waals surface area contributed by atoms with E-state index in [1.54, 1.807) is 6.20 Å². The zero-order valence-electron chi connectivity index (χ0n) is 23.8. The van der Waals surface area contributed by atoms with Crippen LogP contribution in [0, 0.1) is 6.92 Å². The topological polar surface area (TPSA) is 92.7 Å².